The third-order valence-corrected chi connectivity index (χ3v) is 4.06. The van der Waals surface area contributed by atoms with Gasteiger partial charge in [0.25, 0.3) is 0 Å². The molecule has 1 heterocycles. The van der Waals surface area contributed by atoms with Gasteiger partial charge in [0.15, 0.2) is 5.96 Å². The van der Waals surface area contributed by atoms with E-state index >= 15 is 0 Å². The predicted octanol–water partition coefficient (Wildman–Crippen LogP) is 2.82. The molecule has 1 aliphatic heterocycles. The van der Waals surface area contributed by atoms with Crippen LogP contribution in [0.25, 0.3) is 0 Å². The summed E-state index contributed by atoms with van der Waals surface area (Å²) in [5.41, 5.74) is 0.972. The molecule has 2 N–H and O–H groups in total. The number of benzene rings is 1. The maximum atomic E-state index is 5.88. The van der Waals surface area contributed by atoms with Crippen molar-refractivity contribution in [2.75, 3.05) is 45.2 Å². The van der Waals surface area contributed by atoms with Gasteiger partial charge < -0.3 is 20.1 Å². The number of ether oxygens (including phenoxy) is 2. The number of nitrogens with one attached hydrogen (secondary N) is 2. The van der Waals surface area contributed by atoms with Crippen LogP contribution in [0, 0.1) is 5.92 Å². The highest BCUT2D eigenvalue weighted by atomic mass is 16.5. The SMILES string of the molecule is CN=C(NCC1CN(CC(C)C)CCO1)Nc1ccc(OC(C)C)cc1. The van der Waals surface area contributed by atoms with E-state index in [1.165, 1.54) is 0 Å². The summed E-state index contributed by atoms with van der Waals surface area (Å²) < 4.78 is 11.6. The van der Waals surface area contributed by atoms with Crippen molar-refractivity contribution in [1.82, 2.24) is 10.2 Å². The Morgan fingerprint density at radius 1 is 1.27 bits per heavy atom. The summed E-state index contributed by atoms with van der Waals surface area (Å²) in [6, 6.07) is 7.91. The normalized spacial score (nSPS) is 19.0. The molecule has 0 aromatic heterocycles. The van der Waals surface area contributed by atoms with Crippen molar-refractivity contribution in [3.05, 3.63) is 24.3 Å². The Hall–Kier alpha value is -1.79. The number of anilines is 1. The Balaban J connectivity index is 1.80. The molecule has 0 amide bonds. The van der Waals surface area contributed by atoms with Crippen molar-refractivity contribution in [3.63, 3.8) is 0 Å². The summed E-state index contributed by atoms with van der Waals surface area (Å²) >= 11 is 0. The number of aliphatic imine (C=N–C) groups is 1. The van der Waals surface area contributed by atoms with Crippen molar-refractivity contribution in [2.45, 2.75) is 39.9 Å². The molecule has 0 aliphatic carbocycles. The Morgan fingerprint density at radius 2 is 2.00 bits per heavy atom. The standard InChI is InChI=1S/C20H34N4O2/c1-15(2)13-24-10-11-25-19(14-24)12-22-20(21-5)23-17-6-8-18(9-7-17)26-16(3)4/h6-9,15-16,19H,10-14H2,1-5H3,(H2,21,22,23). The van der Waals surface area contributed by atoms with Crippen LogP contribution in [0.15, 0.2) is 29.3 Å². The molecular formula is C20H34N4O2. The van der Waals surface area contributed by atoms with E-state index in [9.17, 15) is 0 Å². The quantitative estimate of drug-likeness (QED) is 0.577. The van der Waals surface area contributed by atoms with Crippen LogP contribution in [0.4, 0.5) is 5.69 Å². The highest BCUT2D eigenvalue weighted by Crippen LogP contribution is 2.16. The van der Waals surface area contributed by atoms with E-state index in [0.717, 1.165) is 50.2 Å². The zero-order valence-electron chi connectivity index (χ0n) is 16.8. The van der Waals surface area contributed by atoms with E-state index in [0.29, 0.717) is 5.92 Å². The van der Waals surface area contributed by atoms with E-state index in [1.807, 2.05) is 38.1 Å². The molecule has 2 rings (SSSR count). The van der Waals surface area contributed by atoms with Crippen molar-refractivity contribution in [1.29, 1.82) is 0 Å². The molecule has 0 bridgehead atoms. The second kappa shape index (κ2) is 10.4. The number of morpholine rings is 1. The first-order chi connectivity index (χ1) is 12.5. The minimum atomic E-state index is 0.175. The molecular weight excluding hydrogens is 328 g/mol. The van der Waals surface area contributed by atoms with Crippen molar-refractivity contribution in [2.24, 2.45) is 10.9 Å². The molecule has 1 unspecified atom stereocenters. The van der Waals surface area contributed by atoms with E-state index < -0.39 is 0 Å². The molecule has 0 saturated carbocycles. The smallest absolute Gasteiger partial charge is 0.195 e. The van der Waals surface area contributed by atoms with Crippen LogP contribution in [0.3, 0.4) is 0 Å². The molecule has 1 atom stereocenters. The third kappa shape index (κ3) is 7.22. The highest BCUT2D eigenvalue weighted by molar-refractivity contribution is 5.93. The Labute approximate surface area is 158 Å². The topological polar surface area (TPSA) is 58.1 Å². The Morgan fingerprint density at radius 3 is 2.62 bits per heavy atom. The lowest BCUT2D eigenvalue weighted by Gasteiger charge is -2.34. The molecule has 6 nitrogen and oxygen atoms in total. The molecule has 6 heteroatoms. The van der Waals surface area contributed by atoms with E-state index in [2.05, 4.69) is 34.4 Å². The van der Waals surface area contributed by atoms with Gasteiger partial charge in [-0.25, -0.2) is 0 Å². The second-order valence-electron chi connectivity index (χ2n) is 7.42. The Kier molecular flexibility index (Phi) is 8.19. The molecule has 1 aromatic carbocycles. The minimum Gasteiger partial charge on any atom is -0.491 e. The van der Waals surface area contributed by atoms with Gasteiger partial charge in [0.05, 0.1) is 18.8 Å². The van der Waals surface area contributed by atoms with Gasteiger partial charge >= 0.3 is 0 Å². The number of guanidine groups is 1. The van der Waals surface area contributed by atoms with E-state index in [4.69, 9.17) is 9.47 Å². The minimum absolute atomic E-state index is 0.175. The van der Waals surface area contributed by atoms with Gasteiger partial charge in [0.1, 0.15) is 5.75 Å². The number of rotatable bonds is 7. The van der Waals surface area contributed by atoms with Crippen molar-refractivity contribution in [3.8, 4) is 5.75 Å². The molecule has 0 spiro atoms. The summed E-state index contributed by atoms with van der Waals surface area (Å²) in [6.07, 6.45) is 0.358. The molecule has 146 valence electrons. The summed E-state index contributed by atoms with van der Waals surface area (Å²) in [5.74, 6) is 2.29. The lowest BCUT2D eigenvalue weighted by atomic mass is 10.2. The molecule has 1 saturated heterocycles. The highest BCUT2D eigenvalue weighted by Gasteiger charge is 2.21. The van der Waals surface area contributed by atoms with Gasteiger partial charge in [0.2, 0.25) is 0 Å². The summed E-state index contributed by atoms with van der Waals surface area (Å²) in [6.45, 7) is 13.2. The average Bonchev–Trinajstić information content (AvgIpc) is 2.59. The zero-order valence-corrected chi connectivity index (χ0v) is 16.8. The van der Waals surface area contributed by atoms with Gasteiger partial charge in [-0.1, -0.05) is 13.8 Å². The summed E-state index contributed by atoms with van der Waals surface area (Å²) in [4.78, 5) is 6.78. The number of nitrogens with zero attached hydrogens (tertiary/aromatic N) is 2. The van der Waals surface area contributed by atoms with E-state index in [1.54, 1.807) is 7.05 Å². The third-order valence-electron chi connectivity index (χ3n) is 4.06. The maximum absolute atomic E-state index is 5.88. The largest absolute Gasteiger partial charge is 0.491 e. The second-order valence-corrected chi connectivity index (χ2v) is 7.42. The molecule has 0 radical (unpaired) electrons. The van der Waals surface area contributed by atoms with Crippen LogP contribution in [0.5, 0.6) is 5.75 Å². The van der Waals surface area contributed by atoms with Gasteiger partial charge in [0, 0.05) is 38.9 Å². The van der Waals surface area contributed by atoms with Crippen LogP contribution < -0.4 is 15.4 Å². The fourth-order valence-corrected chi connectivity index (χ4v) is 3.00. The van der Waals surface area contributed by atoms with Crippen molar-refractivity contribution < 1.29 is 9.47 Å². The van der Waals surface area contributed by atoms with Crippen LogP contribution in [0.2, 0.25) is 0 Å². The first-order valence-electron chi connectivity index (χ1n) is 9.54. The van der Waals surface area contributed by atoms with Gasteiger partial charge in [-0.3, -0.25) is 9.89 Å². The fourth-order valence-electron chi connectivity index (χ4n) is 3.00. The van der Waals surface area contributed by atoms with Gasteiger partial charge in [-0.15, -0.1) is 0 Å². The van der Waals surface area contributed by atoms with E-state index in [-0.39, 0.29) is 12.2 Å². The Bertz CT molecular complexity index is 557. The van der Waals surface area contributed by atoms with Crippen LogP contribution >= 0.6 is 0 Å². The summed E-state index contributed by atoms with van der Waals surface area (Å²) in [5, 5.41) is 6.67. The lowest BCUT2D eigenvalue weighted by molar-refractivity contribution is -0.0283. The summed E-state index contributed by atoms with van der Waals surface area (Å²) in [7, 11) is 1.78. The van der Waals surface area contributed by atoms with Crippen LogP contribution in [-0.4, -0.2) is 62.9 Å². The molecule has 26 heavy (non-hydrogen) atoms. The average molecular weight is 363 g/mol. The lowest BCUT2D eigenvalue weighted by Crippen LogP contribution is -2.49. The zero-order chi connectivity index (χ0) is 18.9. The van der Waals surface area contributed by atoms with Crippen LogP contribution in [0.1, 0.15) is 27.7 Å². The monoisotopic (exact) mass is 362 g/mol. The van der Waals surface area contributed by atoms with Crippen molar-refractivity contribution >= 4 is 11.6 Å². The molecule has 1 fully saturated rings. The first-order valence-corrected chi connectivity index (χ1v) is 9.54. The van der Waals surface area contributed by atoms with Gasteiger partial charge in [-0.2, -0.15) is 0 Å². The maximum Gasteiger partial charge on any atom is 0.195 e. The fraction of sp³-hybridized carbons (Fsp3) is 0.650. The van der Waals surface area contributed by atoms with Gasteiger partial charge in [-0.05, 0) is 44.0 Å². The molecule has 1 aromatic rings. The van der Waals surface area contributed by atoms with Crippen LogP contribution in [-0.2, 0) is 4.74 Å². The predicted molar refractivity (Wildman–Crippen MR) is 108 cm³/mol. The first kappa shape index (κ1) is 20.5. The number of hydrogen-bond acceptors (Lipinski definition) is 4. The number of hydrogen-bond donors (Lipinski definition) is 2. The molecule has 1 aliphatic rings.